The summed E-state index contributed by atoms with van der Waals surface area (Å²) in [5.74, 6) is -0.00858. The number of aromatic nitrogens is 2. The van der Waals surface area contributed by atoms with Crippen LogP contribution in [0.1, 0.15) is 23.7 Å². The molecule has 9 heteroatoms. The number of imidazole rings is 1. The van der Waals surface area contributed by atoms with Gasteiger partial charge in [-0.25, -0.2) is 17.7 Å². The van der Waals surface area contributed by atoms with Crippen LogP contribution in [-0.4, -0.2) is 55.5 Å². The summed E-state index contributed by atoms with van der Waals surface area (Å²) in [6.45, 7) is 3.84. The summed E-state index contributed by atoms with van der Waals surface area (Å²) in [5, 5.41) is 2.83. The van der Waals surface area contributed by atoms with E-state index in [1.165, 1.54) is 26.2 Å². The fourth-order valence-corrected chi connectivity index (χ4v) is 4.00. The quantitative estimate of drug-likeness (QED) is 0.527. The Morgan fingerprint density at radius 3 is 2.67 bits per heavy atom. The summed E-state index contributed by atoms with van der Waals surface area (Å²) < 4.78 is 33.2. The Kier molecular flexibility index (Phi) is 6.86. The Bertz CT molecular complexity index is 1140. The highest BCUT2D eigenvalue weighted by Crippen LogP contribution is 2.21. The molecule has 2 aromatic carbocycles. The smallest absolute Gasteiger partial charge is 0.258 e. The second-order valence-corrected chi connectivity index (χ2v) is 9.05. The minimum absolute atomic E-state index is 0.0605. The Labute approximate surface area is 176 Å². The van der Waals surface area contributed by atoms with Crippen molar-refractivity contribution < 1.29 is 17.9 Å². The van der Waals surface area contributed by atoms with Crippen LogP contribution in [0.25, 0.3) is 11.0 Å². The first-order chi connectivity index (χ1) is 14.3. The zero-order valence-electron chi connectivity index (χ0n) is 17.3. The third-order valence-electron chi connectivity index (χ3n) is 4.63. The van der Waals surface area contributed by atoms with E-state index >= 15 is 0 Å². The first-order valence-corrected chi connectivity index (χ1v) is 11.2. The summed E-state index contributed by atoms with van der Waals surface area (Å²) >= 11 is 0. The number of carbonyl (C=O) groups is 1. The number of ether oxygens (including phenoxy) is 1. The van der Waals surface area contributed by atoms with Crippen LogP contribution in [-0.2, 0) is 21.3 Å². The number of amides is 1. The van der Waals surface area contributed by atoms with Crippen LogP contribution in [0.3, 0.4) is 0 Å². The van der Waals surface area contributed by atoms with Crippen molar-refractivity contribution in [3.05, 3.63) is 54.1 Å². The van der Waals surface area contributed by atoms with Gasteiger partial charge in [-0.05, 0) is 43.7 Å². The van der Waals surface area contributed by atoms with Crippen molar-refractivity contribution in [2.24, 2.45) is 0 Å². The topological polar surface area (TPSA) is 93.5 Å². The number of aryl methyl sites for hydroxylation is 1. The lowest BCUT2D eigenvalue weighted by Crippen LogP contribution is -2.23. The second-order valence-electron chi connectivity index (χ2n) is 6.90. The molecule has 3 aromatic rings. The van der Waals surface area contributed by atoms with E-state index in [0.29, 0.717) is 25.7 Å². The van der Waals surface area contributed by atoms with Crippen LogP contribution in [0.15, 0.2) is 53.4 Å². The number of para-hydroxylation sites is 2. The van der Waals surface area contributed by atoms with Crippen LogP contribution >= 0.6 is 0 Å². The molecule has 160 valence electrons. The largest absolute Gasteiger partial charge is 0.382 e. The Morgan fingerprint density at radius 2 is 1.93 bits per heavy atom. The first kappa shape index (κ1) is 21.9. The predicted molar refractivity (Wildman–Crippen MR) is 116 cm³/mol. The Hall–Kier alpha value is -2.75. The molecule has 30 heavy (non-hydrogen) atoms. The monoisotopic (exact) mass is 430 g/mol. The maximum atomic E-state index is 12.9. The lowest BCUT2D eigenvalue weighted by atomic mass is 10.2. The van der Waals surface area contributed by atoms with Gasteiger partial charge in [0, 0.05) is 39.4 Å². The van der Waals surface area contributed by atoms with Gasteiger partial charge >= 0.3 is 0 Å². The fourth-order valence-electron chi connectivity index (χ4n) is 3.05. The highest BCUT2D eigenvalue weighted by atomic mass is 32.2. The maximum Gasteiger partial charge on any atom is 0.258 e. The fraction of sp³-hybridized carbons (Fsp3) is 0.333. The third kappa shape index (κ3) is 4.69. The van der Waals surface area contributed by atoms with Crippen molar-refractivity contribution in [1.29, 1.82) is 0 Å². The number of benzene rings is 2. The average Bonchev–Trinajstić information content (AvgIpc) is 3.08. The van der Waals surface area contributed by atoms with Gasteiger partial charge in [-0.1, -0.05) is 18.2 Å². The highest BCUT2D eigenvalue weighted by Gasteiger charge is 2.20. The molecule has 0 saturated heterocycles. The molecule has 0 saturated carbocycles. The van der Waals surface area contributed by atoms with Gasteiger partial charge in [0.1, 0.15) is 0 Å². The summed E-state index contributed by atoms with van der Waals surface area (Å²) in [6, 6.07) is 13.6. The van der Waals surface area contributed by atoms with Crippen LogP contribution < -0.4 is 5.32 Å². The van der Waals surface area contributed by atoms with Crippen molar-refractivity contribution in [2.75, 3.05) is 32.6 Å². The number of anilines is 1. The maximum absolute atomic E-state index is 12.9. The van der Waals surface area contributed by atoms with Crippen LogP contribution in [0.4, 0.5) is 5.95 Å². The number of carbonyl (C=O) groups excluding carboxylic acids is 1. The number of nitrogens with zero attached hydrogens (tertiary/aromatic N) is 3. The van der Waals surface area contributed by atoms with Gasteiger partial charge < -0.3 is 9.30 Å². The molecule has 0 aliphatic rings. The van der Waals surface area contributed by atoms with Gasteiger partial charge in [0.25, 0.3) is 5.91 Å². The van der Waals surface area contributed by atoms with Gasteiger partial charge in [-0.15, -0.1) is 0 Å². The molecule has 0 fully saturated rings. The second kappa shape index (κ2) is 9.38. The van der Waals surface area contributed by atoms with E-state index in [1.807, 2.05) is 35.8 Å². The van der Waals surface area contributed by atoms with Gasteiger partial charge in [0.05, 0.1) is 15.9 Å². The molecule has 0 aliphatic heterocycles. The SMILES string of the molecule is CCOCCCn1c(NC(=O)c2cccc(S(=O)(=O)N(C)C)c2)nc2ccccc21. The molecule has 1 N–H and O–H groups in total. The predicted octanol–water partition coefficient (Wildman–Crippen LogP) is 2.97. The van der Waals surface area contributed by atoms with Crippen molar-refractivity contribution in [2.45, 2.75) is 24.8 Å². The lowest BCUT2D eigenvalue weighted by Gasteiger charge is -2.13. The van der Waals surface area contributed by atoms with E-state index < -0.39 is 15.9 Å². The van der Waals surface area contributed by atoms with Gasteiger partial charge in [0.15, 0.2) is 0 Å². The molecule has 0 radical (unpaired) electrons. The van der Waals surface area contributed by atoms with Gasteiger partial charge in [0.2, 0.25) is 16.0 Å². The molecular weight excluding hydrogens is 404 g/mol. The standard InChI is InChI=1S/C21H26N4O4S/c1-4-29-14-8-13-25-19-12-6-5-11-18(19)22-21(25)23-20(26)16-9-7-10-17(15-16)30(27,28)24(2)3/h5-7,9-12,15H,4,8,13-14H2,1-3H3,(H,22,23,26). The van der Waals surface area contributed by atoms with Crippen LogP contribution in [0.5, 0.6) is 0 Å². The molecule has 0 unspecified atom stereocenters. The molecule has 8 nitrogen and oxygen atoms in total. The van der Waals surface area contributed by atoms with E-state index in [2.05, 4.69) is 10.3 Å². The van der Waals surface area contributed by atoms with E-state index in [9.17, 15) is 13.2 Å². The van der Waals surface area contributed by atoms with Gasteiger partial charge in [-0.3, -0.25) is 10.1 Å². The van der Waals surface area contributed by atoms with E-state index in [1.54, 1.807) is 12.1 Å². The molecule has 1 heterocycles. The van der Waals surface area contributed by atoms with Crippen molar-refractivity contribution in [1.82, 2.24) is 13.9 Å². The van der Waals surface area contributed by atoms with Crippen molar-refractivity contribution in [3.8, 4) is 0 Å². The summed E-state index contributed by atoms with van der Waals surface area (Å²) in [4.78, 5) is 17.5. The van der Waals surface area contributed by atoms with Crippen molar-refractivity contribution in [3.63, 3.8) is 0 Å². The molecule has 3 rings (SSSR count). The van der Waals surface area contributed by atoms with E-state index in [-0.39, 0.29) is 10.5 Å². The van der Waals surface area contributed by atoms with E-state index in [4.69, 9.17) is 4.74 Å². The molecule has 1 aromatic heterocycles. The zero-order chi connectivity index (χ0) is 21.7. The van der Waals surface area contributed by atoms with Crippen molar-refractivity contribution >= 4 is 32.9 Å². The third-order valence-corrected chi connectivity index (χ3v) is 6.44. The van der Waals surface area contributed by atoms with Crippen LogP contribution in [0, 0.1) is 0 Å². The lowest BCUT2D eigenvalue weighted by molar-refractivity contribution is 0.102. The highest BCUT2D eigenvalue weighted by molar-refractivity contribution is 7.89. The summed E-state index contributed by atoms with van der Waals surface area (Å²) in [7, 11) is -0.731. The number of hydrogen-bond donors (Lipinski definition) is 1. The molecular formula is C21H26N4O4S. The first-order valence-electron chi connectivity index (χ1n) is 9.71. The minimum atomic E-state index is -3.63. The average molecular weight is 431 g/mol. The molecule has 0 bridgehead atoms. The Balaban J connectivity index is 1.88. The number of hydrogen-bond acceptors (Lipinski definition) is 5. The van der Waals surface area contributed by atoms with E-state index in [0.717, 1.165) is 21.8 Å². The Morgan fingerprint density at radius 1 is 1.17 bits per heavy atom. The zero-order valence-corrected chi connectivity index (χ0v) is 18.1. The number of sulfonamides is 1. The number of nitrogens with one attached hydrogen (secondary N) is 1. The summed E-state index contributed by atoms with van der Waals surface area (Å²) in [5.41, 5.74) is 1.92. The minimum Gasteiger partial charge on any atom is -0.382 e. The van der Waals surface area contributed by atoms with Crippen LogP contribution in [0.2, 0.25) is 0 Å². The molecule has 0 spiro atoms. The molecule has 0 aliphatic carbocycles. The van der Waals surface area contributed by atoms with Gasteiger partial charge in [-0.2, -0.15) is 0 Å². The number of rotatable bonds is 9. The molecule has 1 amide bonds. The number of fused-ring (bicyclic) bond motifs is 1. The summed E-state index contributed by atoms with van der Waals surface area (Å²) in [6.07, 6.45) is 0.771. The normalized spacial score (nSPS) is 11.9. The molecule has 0 atom stereocenters.